The van der Waals surface area contributed by atoms with Crippen LogP contribution in [0.15, 0.2) is 59.5 Å². The fourth-order valence-electron chi connectivity index (χ4n) is 1.81. The molecule has 3 aromatic rings. The van der Waals surface area contributed by atoms with E-state index >= 15 is 0 Å². The van der Waals surface area contributed by atoms with Gasteiger partial charge in [0.25, 0.3) is 0 Å². The molecule has 2 heterocycles. The van der Waals surface area contributed by atoms with Crippen LogP contribution >= 0.6 is 15.9 Å². The molecule has 0 aliphatic rings. The van der Waals surface area contributed by atoms with Crippen LogP contribution in [-0.4, -0.2) is 15.0 Å². The van der Waals surface area contributed by atoms with E-state index in [1.165, 1.54) is 0 Å². The lowest BCUT2D eigenvalue weighted by molar-refractivity contribution is 1.29. The van der Waals surface area contributed by atoms with E-state index < -0.39 is 0 Å². The first kappa shape index (κ1) is 11.2. The maximum atomic E-state index is 4.34. The van der Waals surface area contributed by atoms with Gasteiger partial charge in [-0.1, -0.05) is 28.1 Å². The Morgan fingerprint density at radius 2 is 1.94 bits per heavy atom. The molecule has 0 saturated heterocycles. The van der Waals surface area contributed by atoms with E-state index in [-0.39, 0.29) is 0 Å². The molecule has 2 aromatic heterocycles. The number of halogens is 1. The molecule has 1 aromatic carbocycles. The second-order valence-corrected chi connectivity index (χ2v) is 4.70. The Balaban J connectivity index is 2.05. The van der Waals surface area contributed by atoms with Crippen molar-refractivity contribution in [3.8, 4) is 22.6 Å². The monoisotopic (exact) mass is 299 g/mol. The number of pyridine rings is 1. The molecule has 1 N–H and O–H groups in total. The smallest absolute Gasteiger partial charge is 0.138 e. The fourth-order valence-corrected chi connectivity index (χ4v) is 2.38. The molecule has 88 valence electrons. The van der Waals surface area contributed by atoms with E-state index in [4.69, 9.17) is 0 Å². The van der Waals surface area contributed by atoms with E-state index in [0.29, 0.717) is 0 Å². The maximum Gasteiger partial charge on any atom is 0.138 e. The Labute approximate surface area is 113 Å². The van der Waals surface area contributed by atoms with Crippen molar-refractivity contribution in [2.75, 3.05) is 0 Å². The Morgan fingerprint density at radius 1 is 1.00 bits per heavy atom. The second kappa shape index (κ2) is 4.74. The van der Waals surface area contributed by atoms with Crippen molar-refractivity contribution in [3.63, 3.8) is 0 Å². The molecule has 3 rings (SSSR count). The summed E-state index contributed by atoms with van der Waals surface area (Å²) in [5, 5.41) is 0. The summed E-state index contributed by atoms with van der Waals surface area (Å²) in [5.41, 5.74) is 3.08. The first-order valence-electron chi connectivity index (χ1n) is 5.55. The summed E-state index contributed by atoms with van der Waals surface area (Å²) in [6.07, 6.45) is 5.35. The predicted octanol–water partition coefficient (Wildman–Crippen LogP) is 3.90. The SMILES string of the molecule is Brc1cc(-c2ccccn2)ccc1-c1ncc[nH]1. The predicted molar refractivity (Wildman–Crippen MR) is 75.0 cm³/mol. The van der Waals surface area contributed by atoms with Gasteiger partial charge in [-0.2, -0.15) is 0 Å². The van der Waals surface area contributed by atoms with Gasteiger partial charge in [-0.15, -0.1) is 0 Å². The highest BCUT2D eigenvalue weighted by Crippen LogP contribution is 2.29. The van der Waals surface area contributed by atoms with E-state index in [1.54, 1.807) is 12.4 Å². The van der Waals surface area contributed by atoms with Gasteiger partial charge in [-0.25, -0.2) is 4.98 Å². The van der Waals surface area contributed by atoms with Crippen molar-refractivity contribution in [2.24, 2.45) is 0 Å². The number of nitrogens with zero attached hydrogens (tertiary/aromatic N) is 2. The average Bonchev–Trinajstić information content (AvgIpc) is 2.93. The van der Waals surface area contributed by atoms with Crippen LogP contribution in [0.3, 0.4) is 0 Å². The van der Waals surface area contributed by atoms with Gasteiger partial charge in [0.2, 0.25) is 0 Å². The third-order valence-corrected chi connectivity index (χ3v) is 3.34. The van der Waals surface area contributed by atoms with Crippen molar-refractivity contribution < 1.29 is 0 Å². The number of aromatic amines is 1. The molecule has 4 heteroatoms. The molecule has 0 fully saturated rings. The molecule has 3 nitrogen and oxygen atoms in total. The van der Waals surface area contributed by atoms with Crippen LogP contribution in [-0.2, 0) is 0 Å². The van der Waals surface area contributed by atoms with Crippen molar-refractivity contribution in [1.82, 2.24) is 15.0 Å². The highest BCUT2D eigenvalue weighted by molar-refractivity contribution is 9.10. The molecule has 0 bridgehead atoms. The lowest BCUT2D eigenvalue weighted by Crippen LogP contribution is -1.86. The standard InChI is InChI=1S/C14H10BrN3/c15-12-9-10(13-3-1-2-6-16-13)4-5-11(12)14-17-7-8-18-14/h1-9H,(H,17,18). The minimum Gasteiger partial charge on any atom is -0.345 e. The molecule has 0 radical (unpaired) electrons. The summed E-state index contributed by atoms with van der Waals surface area (Å²) in [7, 11) is 0. The minimum absolute atomic E-state index is 0.856. The van der Waals surface area contributed by atoms with Crippen molar-refractivity contribution >= 4 is 15.9 Å². The first-order chi connectivity index (χ1) is 8.84. The van der Waals surface area contributed by atoms with E-state index in [0.717, 1.165) is 27.1 Å². The number of H-pyrrole nitrogens is 1. The summed E-state index contributed by atoms with van der Waals surface area (Å²) in [6, 6.07) is 12.0. The highest BCUT2D eigenvalue weighted by atomic mass is 79.9. The van der Waals surface area contributed by atoms with Gasteiger partial charge in [-0.3, -0.25) is 4.98 Å². The van der Waals surface area contributed by atoms with Gasteiger partial charge in [-0.05, 0) is 24.3 Å². The summed E-state index contributed by atoms with van der Waals surface area (Å²) in [4.78, 5) is 11.7. The maximum absolute atomic E-state index is 4.34. The Morgan fingerprint density at radius 3 is 2.61 bits per heavy atom. The first-order valence-corrected chi connectivity index (χ1v) is 6.34. The largest absolute Gasteiger partial charge is 0.345 e. The molecular formula is C14H10BrN3. The number of benzene rings is 1. The van der Waals surface area contributed by atoms with Gasteiger partial charge in [0.1, 0.15) is 5.82 Å². The molecule has 0 unspecified atom stereocenters. The molecule has 0 aliphatic carbocycles. The van der Waals surface area contributed by atoms with Crippen LogP contribution in [0.5, 0.6) is 0 Å². The van der Waals surface area contributed by atoms with Gasteiger partial charge < -0.3 is 4.98 Å². The highest BCUT2D eigenvalue weighted by Gasteiger charge is 2.07. The normalized spacial score (nSPS) is 10.5. The van der Waals surface area contributed by atoms with Gasteiger partial charge in [0.15, 0.2) is 0 Å². The van der Waals surface area contributed by atoms with Crippen LogP contribution in [0.1, 0.15) is 0 Å². The number of imidazole rings is 1. The summed E-state index contributed by atoms with van der Waals surface area (Å²) < 4.78 is 1.00. The Bertz CT molecular complexity index is 648. The van der Waals surface area contributed by atoms with Crippen LogP contribution in [0, 0.1) is 0 Å². The number of nitrogens with one attached hydrogen (secondary N) is 1. The van der Waals surface area contributed by atoms with Crippen LogP contribution < -0.4 is 0 Å². The molecule has 0 aliphatic heterocycles. The van der Waals surface area contributed by atoms with Gasteiger partial charge in [0.05, 0.1) is 5.69 Å². The molecular weight excluding hydrogens is 290 g/mol. The summed E-state index contributed by atoms with van der Waals surface area (Å²) >= 11 is 3.58. The zero-order valence-electron chi connectivity index (χ0n) is 9.47. The van der Waals surface area contributed by atoms with Crippen molar-refractivity contribution in [2.45, 2.75) is 0 Å². The van der Waals surface area contributed by atoms with Crippen molar-refractivity contribution in [3.05, 3.63) is 59.5 Å². The molecule has 18 heavy (non-hydrogen) atoms. The molecule has 0 atom stereocenters. The number of aromatic nitrogens is 3. The summed E-state index contributed by atoms with van der Waals surface area (Å²) in [5.74, 6) is 0.856. The summed E-state index contributed by atoms with van der Waals surface area (Å²) in [6.45, 7) is 0. The molecule has 0 spiro atoms. The average molecular weight is 300 g/mol. The van der Waals surface area contributed by atoms with E-state index in [2.05, 4.69) is 36.9 Å². The number of rotatable bonds is 2. The third-order valence-electron chi connectivity index (χ3n) is 2.68. The van der Waals surface area contributed by atoms with Gasteiger partial charge >= 0.3 is 0 Å². The second-order valence-electron chi connectivity index (χ2n) is 3.85. The third kappa shape index (κ3) is 2.07. The Hall–Kier alpha value is -1.94. The quantitative estimate of drug-likeness (QED) is 0.780. The zero-order chi connectivity index (χ0) is 12.4. The van der Waals surface area contributed by atoms with Crippen LogP contribution in [0.25, 0.3) is 22.6 Å². The molecule has 0 amide bonds. The molecule has 0 saturated carbocycles. The van der Waals surface area contributed by atoms with Crippen molar-refractivity contribution in [1.29, 1.82) is 0 Å². The van der Waals surface area contributed by atoms with Gasteiger partial charge in [0, 0.05) is 34.2 Å². The van der Waals surface area contributed by atoms with E-state index in [9.17, 15) is 0 Å². The fraction of sp³-hybridized carbons (Fsp3) is 0. The topological polar surface area (TPSA) is 41.6 Å². The van der Waals surface area contributed by atoms with Crippen LogP contribution in [0.2, 0.25) is 0 Å². The number of hydrogen-bond acceptors (Lipinski definition) is 2. The number of hydrogen-bond donors (Lipinski definition) is 1. The minimum atomic E-state index is 0.856. The lowest BCUT2D eigenvalue weighted by Gasteiger charge is -2.05. The lowest BCUT2D eigenvalue weighted by atomic mass is 10.1. The van der Waals surface area contributed by atoms with E-state index in [1.807, 2.05) is 36.5 Å². The Kier molecular flexibility index (Phi) is 2.94. The van der Waals surface area contributed by atoms with Crippen LogP contribution in [0.4, 0.5) is 0 Å². The zero-order valence-corrected chi connectivity index (χ0v) is 11.1.